The number of carboxylic acid groups (broad SMARTS) is 1. The largest absolute Gasteiger partial charge is 0.489 e. The third-order valence-electron chi connectivity index (χ3n) is 2.01. The van der Waals surface area contributed by atoms with E-state index in [4.69, 9.17) is 5.11 Å². The van der Waals surface area contributed by atoms with Crippen molar-refractivity contribution in [1.29, 1.82) is 0 Å². The summed E-state index contributed by atoms with van der Waals surface area (Å²) in [7, 11) is 0. The van der Waals surface area contributed by atoms with Crippen LogP contribution in [0.4, 0.5) is 22.0 Å². The van der Waals surface area contributed by atoms with Crippen molar-refractivity contribution in [2.24, 2.45) is 5.92 Å². The summed E-state index contributed by atoms with van der Waals surface area (Å²) in [4.78, 5) is 10.4. The zero-order valence-electron chi connectivity index (χ0n) is 8.67. The van der Waals surface area contributed by atoms with Gasteiger partial charge in [-0.15, -0.1) is 0 Å². The average Bonchev–Trinajstić information content (AvgIpc) is 2.22. The lowest BCUT2D eigenvalue weighted by molar-refractivity contribution is -0.198. The van der Waals surface area contributed by atoms with Crippen LogP contribution in [0, 0.1) is 17.6 Å². The summed E-state index contributed by atoms with van der Waals surface area (Å²) >= 11 is 0. The van der Waals surface area contributed by atoms with Crippen molar-refractivity contribution in [2.45, 2.75) is 6.18 Å². The second kappa shape index (κ2) is 5.19. The summed E-state index contributed by atoms with van der Waals surface area (Å²) in [5.41, 5.74) is 0. The van der Waals surface area contributed by atoms with Gasteiger partial charge in [-0.2, -0.15) is 17.6 Å². The molecule has 1 aromatic carbocycles. The van der Waals surface area contributed by atoms with Crippen LogP contribution in [0.1, 0.15) is 0 Å². The first-order chi connectivity index (χ1) is 8.23. The molecule has 100 valence electrons. The maximum Gasteiger partial charge on any atom is 0.405 e. The quantitative estimate of drug-likeness (QED) is 0.855. The minimum absolute atomic E-state index is 0.751. The molecule has 0 aliphatic heterocycles. The molecule has 0 aliphatic carbocycles. The van der Waals surface area contributed by atoms with Gasteiger partial charge in [0.1, 0.15) is 6.61 Å². The van der Waals surface area contributed by atoms with Crippen molar-refractivity contribution in [1.82, 2.24) is 0 Å². The number of carbonyl (C=O) groups is 1. The van der Waals surface area contributed by atoms with E-state index in [0.29, 0.717) is 0 Å². The Morgan fingerprint density at radius 3 is 2.44 bits per heavy atom. The van der Waals surface area contributed by atoms with E-state index in [0.717, 1.165) is 18.2 Å². The minimum atomic E-state index is -5.03. The smallest absolute Gasteiger partial charge is 0.405 e. The topological polar surface area (TPSA) is 46.5 Å². The normalized spacial score (nSPS) is 13.2. The summed E-state index contributed by atoms with van der Waals surface area (Å²) in [5.74, 6) is -8.50. The zero-order chi connectivity index (χ0) is 13.9. The number of halogens is 5. The van der Waals surface area contributed by atoms with Crippen molar-refractivity contribution in [3.63, 3.8) is 0 Å². The Bertz CT molecular complexity index is 444. The first kappa shape index (κ1) is 14.2. The van der Waals surface area contributed by atoms with Gasteiger partial charge >= 0.3 is 12.1 Å². The molecule has 0 saturated heterocycles. The molecule has 8 heteroatoms. The van der Waals surface area contributed by atoms with Crippen LogP contribution in [-0.4, -0.2) is 23.9 Å². The van der Waals surface area contributed by atoms with Crippen LogP contribution in [0.2, 0.25) is 0 Å². The van der Waals surface area contributed by atoms with Crippen molar-refractivity contribution in [3.05, 3.63) is 29.8 Å². The number of benzene rings is 1. The predicted molar refractivity (Wildman–Crippen MR) is 49.0 cm³/mol. The van der Waals surface area contributed by atoms with Gasteiger partial charge in [0.15, 0.2) is 17.5 Å². The molecular weight excluding hydrogens is 263 g/mol. The number of aliphatic carboxylic acids is 1. The highest BCUT2D eigenvalue weighted by Gasteiger charge is 2.45. The average molecular weight is 270 g/mol. The van der Waals surface area contributed by atoms with Gasteiger partial charge in [-0.1, -0.05) is 6.07 Å². The fraction of sp³-hybridized carbons (Fsp3) is 0.300. The Balaban J connectivity index is 2.80. The van der Waals surface area contributed by atoms with Gasteiger partial charge in [0.2, 0.25) is 5.82 Å². The Morgan fingerprint density at radius 1 is 1.33 bits per heavy atom. The van der Waals surface area contributed by atoms with E-state index < -0.39 is 42.1 Å². The molecule has 0 aromatic heterocycles. The van der Waals surface area contributed by atoms with Crippen molar-refractivity contribution in [2.75, 3.05) is 6.61 Å². The highest BCUT2D eigenvalue weighted by atomic mass is 19.4. The molecule has 0 radical (unpaired) electrons. The Morgan fingerprint density at radius 2 is 1.94 bits per heavy atom. The van der Waals surface area contributed by atoms with Crippen molar-refractivity contribution >= 4 is 5.97 Å². The van der Waals surface area contributed by atoms with Crippen LogP contribution < -0.4 is 4.74 Å². The van der Waals surface area contributed by atoms with E-state index in [1.54, 1.807) is 0 Å². The lowest BCUT2D eigenvalue weighted by atomic mass is 10.1. The van der Waals surface area contributed by atoms with Gasteiger partial charge in [0, 0.05) is 0 Å². The minimum Gasteiger partial charge on any atom is -0.489 e. The van der Waals surface area contributed by atoms with Gasteiger partial charge in [-0.05, 0) is 12.1 Å². The van der Waals surface area contributed by atoms with Crippen LogP contribution in [0.15, 0.2) is 18.2 Å². The van der Waals surface area contributed by atoms with E-state index in [-0.39, 0.29) is 0 Å². The summed E-state index contributed by atoms with van der Waals surface area (Å²) in [6, 6.07) is 2.67. The van der Waals surface area contributed by atoms with Gasteiger partial charge in [0.25, 0.3) is 0 Å². The molecule has 0 bridgehead atoms. The maximum atomic E-state index is 13.0. The molecule has 1 rings (SSSR count). The van der Waals surface area contributed by atoms with E-state index >= 15 is 0 Å². The lowest BCUT2D eigenvalue weighted by Crippen LogP contribution is -2.35. The third-order valence-corrected chi connectivity index (χ3v) is 2.01. The number of alkyl halides is 3. The standard InChI is InChI=1S/C10H7F5O3/c11-6-2-1-3-7(8(6)12)18-4-5(9(16)17)10(13,14)15/h1-3,5H,4H2,(H,16,17). The number of ether oxygens (including phenoxy) is 1. The first-order valence-corrected chi connectivity index (χ1v) is 4.60. The van der Waals surface area contributed by atoms with Gasteiger partial charge < -0.3 is 9.84 Å². The second-order valence-electron chi connectivity index (χ2n) is 3.30. The van der Waals surface area contributed by atoms with Crippen molar-refractivity contribution < 1.29 is 36.6 Å². The SMILES string of the molecule is O=C(O)C(COc1cccc(F)c1F)C(F)(F)F. The second-order valence-corrected chi connectivity index (χ2v) is 3.30. The Labute approximate surface area is 97.8 Å². The number of hydrogen-bond acceptors (Lipinski definition) is 2. The fourth-order valence-electron chi connectivity index (χ4n) is 1.07. The Kier molecular flexibility index (Phi) is 4.10. The molecule has 0 heterocycles. The number of hydrogen-bond donors (Lipinski definition) is 1. The predicted octanol–water partition coefficient (Wildman–Crippen LogP) is 2.61. The fourth-order valence-corrected chi connectivity index (χ4v) is 1.07. The molecule has 0 fully saturated rings. The summed E-state index contributed by atoms with van der Waals surface area (Å²) in [6.07, 6.45) is -5.03. The third kappa shape index (κ3) is 3.31. The van der Waals surface area contributed by atoms with Crippen LogP contribution in [0.25, 0.3) is 0 Å². The molecule has 1 atom stereocenters. The van der Waals surface area contributed by atoms with Gasteiger partial charge in [-0.3, -0.25) is 4.79 Å². The van der Waals surface area contributed by atoms with Crippen LogP contribution >= 0.6 is 0 Å². The van der Waals surface area contributed by atoms with E-state index in [2.05, 4.69) is 4.74 Å². The van der Waals surface area contributed by atoms with Crippen molar-refractivity contribution in [3.8, 4) is 5.75 Å². The molecule has 3 nitrogen and oxygen atoms in total. The lowest BCUT2D eigenvalue weighted by Gasteiger charge is -2.16. The molecule has 0 aliphatic rings. The van der Waals surface area contributed by atoms with Crippen LogP contribution in [-0.2, 0) is 4.79 Å². The summed E-state index contributed by atoms with van der Waals surface area (Å²) < 4.78 is 66.7. The molecule has 0 spiro atoms. The molecular formula is C10H7F5O3. The summed E-state index contributed by atoms with van der Waals surface area (Å²) in [5, 5.41) is 8.34. The zero-order valence-corrected chi connectivity index (χ0v) is 8.67. The van der Waals surface area contributed by atoms with E-state index in [1.165, 1.54) is 0 Å². The molecule has 1 aromatic rings. The highest BCUT2D eigenvalue weighted by molar-refractivity contribution is 5.71. The van der Waals surface area contributed by atoms with Gasteiger partial charge in [0.05, 0.1) is 0 Å². The molecule has 1 unspecified atom stereocenters. The monoisotopic (exact) mass is 270 g/mol. The molecule has 1 N–H and O–H groups in total. The van der Waals surface area contributed by atoms with E-state index in [1.807, 2.05) is 0 Å². The molecule has 18 heavy (non-hydrogen) atoms. The van der Waals surface area contributed by atoms with Gasteiger partial charge in [-0.25, -0.2) is 4.39 Å². The molecule has 0 saturated carbocycles. The maximum absolute atomic E-state index is 13.0. The highest BCUT2D eigenvalue weighted by Crippen LogP contribution is 2.28. The van der Waals surface area contributed by atoms with Crippen LogP contribution in [0.5, 0.6) is 5.75 Å². The summed E-state index contributed by atoms with van der Waals surface area (Å²) in [6.45, 7) is -1.33. The number of carboxylic acids is 1. The van der Waals surface area contributed by atoms with E-state index in [9.17, 15) is 26.7 Å². The first-order valence-electron chi connectivity index (χ1n) is 4.60. The Hall–Kier alpha value is -1.86. The van der Waals surface area contributed by atoms with Crippen LogP contribution in [0.3, 0.4) is 0 Å². The molecule has 0 amide bonds. The number of rotatable bonds is 4.